The number of fused-ring (bicyclic) bond motifs is 3. The number of aryl methyl sites for hydroxylation is 2. The van der Waals surface area contributed by atoms with E-state index in [0.29, 0.717) is 24.1 Å². The second-order valence-electron chi connectivity index (χ2n) is 25.0. The molecule has 6 aromatic carbocycles. The number of methoxy groups -OCH3 is 6. The molecule has 2 saturated carbocycles. The molecule has 1 amide bonds. The predicted molar refractivity (Wildman–Crippen MR) is 391 cm³/mol. The molecule has 516 valence electrons. The van der Waals surface area contributed by atoms with E-state index in [4.69, 9.17) is 49.1 Å². The maximum absolute atomic E-state index is 12.0. The molecule has 0 bridgehead atoms. The van der Waals surface area contributed by atoms with E-state index in [1.165, 1.54) is 25.7 Å². The third kappa shape index (κ3) is 16.8. The van der Waals surface area contributed by atoms with Crippen LogP contribution in [-0.2, 0) is 24.9 Å². The lowest BCUT2D eigenvalue weighted by Gasteiger charge is -2.26. The van der Waals surface area contributed by atoms with Gasteiger partial charge in [0, 0.05) is 171 Å². The van der Waals surface area contributed by atoms with Gasteiger partial charge in [0.25, 0.3) is 0 Å². The molecule has 24 nitrogen and oxygen atoms in total. The Morgan fingerprint density at radius 1 is 0.460 bits per heavy atom. The van der Waals surface area contributed by atoms with Crippen LogP contribution < -0.4 is 48.9 Å². The lowest BCUT2D eigenvalue weighted by molar-refractivity contribution is -0.129. The maximum atomic E-state index is 12.0. The van der Waals surface area contributed by atoms with E-state index in [1.807, 2.05) is 109 Å². The minimum atomic E-state index is -0.0242. The third-order valence-corrected chi connectivity index (χ3v) is 17.4. The fraction of sp³-hybridized carbons (Fsp3) is 0.316. The number of anilines is 6. The fourth-order valence-corrected chi connectivity index (χ4v) is 11.5. The largest absolute Gasteiger partial charge is 0.497 e. The van der Waals surface area contributed by atoms with Gasteiger partial charge in [-0.25, -0.2) is 15.0 Å². The van der Waals surface area contributed by atoms with Gasteiger partial charge >= 0.3 is 0 Å². The van der Waals surface area contributed by atoms with Gasteiger partial charge in [-0.3, -0.25) is 33.8 Å². The molecule has 0 radical (unpaired) electrons. The van der Waals surface area contributed by atoms with Crippen LogP contribution in [0.25, 0.3) is 66.9 Å². The Labute approximate surface area is 581 Å². The SMILES string of the molecule is CCCN(c1cc(OC)cc(OC)c1)c1ccc2ncc(-c3cnn(C)c3)nc2c1.COc1cc(OC)cc(N(CC2CC2)c2ccc3ncc(-c4cnn(CC(=O)N(C)C)c4)nc3c2)c1.COc1cc(OC)cc(N(CC2CC2)c2ccc3ncc(-c4cnn(CCCN)c4)nc3c2)c1. The van der Waals surface area contributed by atoms with E-state index in [2.05, 4.69) is 88.3 Å². The van der Waals surface area contributed by atoms with Gasteiger partial charge in [0.15, 0.2) is 0 Å². The summed E-state index contributed by atoms with van der Waals surface area (Å²) in [7, 11) is 15.3. The molecular weight excluding hydrogens is 1260 g/mol. The van der Waals surface area contributed by atoms with E-state index in [-0.39, 0.29) is 12.5 Å². The number of rotatable bonds is 26. The average molecular weight is 1350 g/mol. The Morgan fingerprint density at radius 3 is 1.19 bits per heavy atom. The molecule has 100 heavy (non-hydrogen) atoms. The first-order valence-electron chi connectivity index (χ1n) is 33.5. The summed E-state index contributed by atoms with van der Waals surface area (Å²) in [5, 5.41) is 13.0. The van der Waals surface area contributed by atoms with Crippen LogP contribution in [0.2, 0.25) is 0 Å². The van der Waals surface area contributed by atoms with Crippen molar-refractivity contribution in [3.8, 4) is 68.3 Å². The molecule has 6 aromatic heterocycles. The molecule has 6 heterocycles. The van der Waals surface area contributed by atoms with Gasteiger partial charge in [0.1, 0.15) is 41.0 Å². The van der Waals surface area contributed by atoms with E-state index in [1.54, 1.807) is 102 Å². The molecule has 24 heteroatoms. The van der Waals surface area contributed by atoms with E-state index >= 15 is 0 Å². The topological polar surface area (TPSA) is 242 Å². The number of benzene rings is 6. The molecule has 2 aliphatic carbocycles. The maximum Gasteiger partial charge on any atom is 0.243 e. The van der Waals surface area contributed by atoms with Gasteiger partial charge in [-0.2, -0.15) is 15.3 Å². The summed E-state index contributed by atoms with van der Waals surface area (Å²) in [6.07, 6.45) is 23.3. The Kier molecular flexibility index (Phi) is 21.5. The summed E-state index contributed by atoms with van der Waals surface area (Å²) in [4.78, 5) is 48.9. The minimum Gasteiger partial charge on any atom is -0.497 e. The highest BCUT2D eigenvalue weighted by Gasteiger charge is 2.28. The van der Waals surface area contributed by atoms with Crippen LogP contribution in [0.1, 0.15) is 45.4 Å². The first-order valence-corrected chi connectivity index (χ1v) is 33.5. The van der Waals surface area contributed by atoms with Crippen molar-refractivity contribution >= 4 is 73.1 Å². The van der Waals surface area contributed by atoms with Crippen LogP contribution in [-0.4, -0.2) is 153 Å². The molecular formula is C76H85N17O7. The number of ether oxygens (including phenoxy) is 6. The summed E-state index contributed by atoms with van der Waals surface area (Å²) < 4.78 is 38.3. The van der Waals surface area contributed by atoms with Crippen molar-refractivity contribution in [1.82, 2.24) is 64.1 Å². The lowest BCUT2D eigenvalue weighted by atomic mass is 10.1. The van der Waals surface area contributed by atoms with Crippen LogP contribution >= 0.6 is 0 Å². The van der Waals surface area contributed by atoms with Crippen molar-refractivity contribution < 1.29 is 33.2 Å². The normalized spacial score (nSPS) is 12.5. The second-order valence-corrected chi connectivity index (χ2v) is 25.0. The molecule has 12 aromatic rings. The summed E-state index contributed by atoms with van der Waals surface area (Å²) in [5.74, 6) is 5.86. The van der Waals surface area contributed by atoms with Gasteiger partial charge < -0.3 is 53.8 Å². The molecule has 0 atom stereocenters. The third-order valence-electron chi connectivity index (χ3n) is 17.4. The summed E-state index contributed by atoms with van der Waals surface area (Å²) in [6, 6.07) is 36.4. The number of carbonyl (C=O) groups is 1. The molecule has 2 fully saturated rings. The molecule has 0 unspecified atom stereocenters. The van der Waals surface area contributed by atoms with Crippen molar-refractivity contribution in [2.24, 2.45) is 24.6 Å². The van der Waals surface area contributed by atoms with Gasteiger partial charge in [-0.1, -0.05) is 6.92 Å². The highest BCUT2D eigenvalue weighted by molar-refractivity contribution is 5.86. The molecule has 2 N–H and O–H groups in total. The molecule has 2 aliphatic rings. The highest BCUT2D eigenvalue weighted by atomic mass is 16.5. The number of nitrogens with zero attached hydrogens (tertiary/aromatic N) is 16. The van der Waals surface area contributed by atoms with Crippen molar-refractivity contribution in [3.05, 3.63) is 165 Å². The van der Waals surface area contributed by atoms with Crippen LogP contribution in [0.15, 0.2) is 165 Å². The van der Waals surface area contributed by atoms with Crippen LogP contribution in [0.4, 0.5) is 34.1 Å². The van der Waals surface area contributed by atoms with E-state index in [9.17, 15) is 4.79 Å². The van der Waals surface area contributed by atoms with Crippen molar-refractivity contribution in [2.45, 2.75) is 58.5 Å². The van der Waals surface area contributed by atoms with E-state index in [0.717, 1.165) is 169 Å². The Bertz CT molecular complexity index is 4730. The molecule has 14 rings (SSSR count). The molecule has 0 spiro atoms. The number of likely N-dealkylation sites (N-methyl/N-ethyl adjacent to an activating group) is 1. The average Bonchev–Trinajstić information content (AvgIpc) is 1.12. The number of hydrogen-bond acceptors (Lipinski definition) is 20. The summed E-state index contributed by atoms with van der Waals surface area (Å²) in [5.41, 5.74) is 21.8. The number of carbonyl (C=O) groups excluding carboxylic acids is 1. The first kappa shape index (κ1) is 68.5. The van der Waals surface area contributed by atoms with Crippen LogP contribution in [0.3, 0.4) is 0 Å². The quantitative estimate of drug-likeness (QED) is 0.0530. The van der Waals surface area contributed by atoms with Gasteiger partial charge in [0.05, 0.1) is 130 Å². The monoisotopic (exact) mass is 1350 g/mol. The fourth-order valence-electron chi connectivity index (χ4n) is 11.5. The van der Waals surface area contributed by atoms with E-state index < -0.39 is 0 Å². The first-order chi connectivity index (χ1) is 48.7. The van der Waals surface area contributed by atoms with Crippen LogP contribution in [0, 0.1) is 11.8 Å². The molecule has 0 aliphatic heterocycles. The zero-order valence-electron chi connectivity index (χ0n) is 58.3. The zero-order chi connectivity index (χ0) is 69.8. The van der Waals surface area contributed by atoms with Gasteiger partial charge in [-0.15, -0.1) is 0 Å². The van der Waals surface area contributed by atoms with Gasteiger partial charge in [-0.05, 0) is 112 Å². The number of aromatic nitrogens is 12. The minimum absolute atomic E-state index is 0.0242. The smallest absolute Gasteiger partial charge is 0.243 e. The number of nitrogens with two attached hydrogens (primary N) is 1. The highest BCUT2D eigenvalue weighted by Crippen LogP contribution is 2.42. The summed E-state index contributed by atoms with van der Waals surface area (Å²) >= 11 is 0. The zero-order valence-corrected chi connectivity index (χ0v) is 58.3. The molecule has 0 saturated heterocycles. The second kappa shape index (κ2) is 31.4. The standard InChI is InChI=1S/C27H30N6O3.C26H30N6O2.C23H25N5O2/c1-31(2)27(34)17-32-16-19(13-29-32)26-14-28-24-8-7-20(11-25(24)30-26)33(15-18-5-6-18)21-9-22(35-3)12-23(10-21)36-4;1-33-22-10-21(11-23(13-22)34-2)32(16-18-4-5-18)20-6-7-24-25(12-20)30-26(15-28-24)19-14-29-31(17-19)9-3-8-27;1-5-8-28(18-9-19(29-3)12-20(10-18)30-4)17-6-7-21-22(11-17)26-23(14-24-21)16-13-25-27(2)15-16/h7-14,16,18H,5-6,15,17H2,1-4H3;6-7,10-15,17-18H,3-5,8-9,16,27H2,1-2H3;6-7,9-15H,5,8H2,1-4H3. The lowest BCUT2D eigenvalue weighted by Crippen LogP contribution is -2.26. The Hall–Kier alpha value is -11.4. The van der Waals surface area contributed by atoms with Crippen molar-refractivity contribution in [3.63, 3.8) is 0 Å². The number of amides is 1. The Morgan fingerprint density at radius 2 is 0.830 bits per heavy atom. The predicted octanol–water partition coefficient (Wildman–Crippen LogP) is 13.1. The van der Waals surface area contributed by atoms with Crippen molar-refractivity contribution in [1.29, 1.82) is 0 Å². The summed E-state index contributed by atoms with van der Waals surface area (Å²) in [6.45, 7) is 6.46. The Balaban J connectivity index is 0.000000143. The van der Waals surface area contributed by atoms with Crippen molar-refractivity contribution in [2.75, 3.05) is 97.6 Å². The van der Waals surface area contributed by atoms with Crippen LogP contribution in [0.5, 0.6) is 34.5 Å². The van der Waals surface area contributed by atoms with Gasteiger partial charge in [0.2, 0.25) is 5.91 Å². The number of hydrogen-bond donors (Lipinski definition) is 1.